The quantitative estimate of drug-likeness (QED) is 0.795. The highest BCUT2D eigenvalue weighted by atomic mass is 16.1. The van der Waals surface area contributed by atoms with Gasteiger partial charge in [-0.05, 0) is 29.7 Å². The molecule has 0 fully saturated rings. The summed E-state index contributed by atoms with van der Waals surface area (Å²) in [5, 5.41) is 1.04. The Kier molecular flexibility index (Phi) is 3.79. The minimum absolute atomic E-state index is 0.00729. The van der Waals surface area contributed by atoms with E-state index in [-0.39, 0.29) is 12.1 Å². The van der Waals surface area contributed by atoms with Gasteiger partial charge in [0.15, 0.2) is 0 Å². The number of nitrogens with two attached hydrogens (primary N) is 1. The van der Waals surface area contributed by atoms with Crippen molar-refractivity contribution in [2.45, 2.75) is 19.5 Å². The summed E-state index contributed by atoms with van der Waals surface area (Å²) in [4.78, 5) is 16.8. The minimum Gasteiger partial charge on any atom is -0.326 e. The van der Waals surface area contributed by atoms with E-state index in [2.05, 4.69) is 4.98 Å². The summed E-state index contributed by atoms with van der Waals surface area (Å²) in [6, 6.07) is 15.6. The van der Waals surface area contributed by atoms with Gasteiger partial charge >= 0.3 is 0 Å². The molecule has 0 atom stereocenters. The Balaban J connectivity index is 2.04. The van der Waals surface area contributed by atoms with E-state index in [9.17, 15) is 4.79 Å². The highest BCUT2D eigenvalue weighted by Crippen LogP contribution is 2.13. The zero-order valence-electron chi connectivity index (χ0n) is 11.7. The molecule has 3 aromatic rings. The number of aryl methyl sites for hydroxylation is 2. The Bertz CT molecular complexity index is 809. The lowest BCUT2D eigenvalue weighted by molar-refractivity contribution is 0.677. The fraction of sp³-hybridized carbons (Fsp3) is 0.176. The number of hydrogen-bond acceptors (Lipinski definition) is 3. The van der Waals surface area contributed by atoms with Crippen molar-refractivity contribution in [3.63, 3.8) is 0 Å². The summed E-state index contributed by atoms with van der Waals surface area (Å²) in [6.07, 6.45) is 2.49. The molecule has 2 heterocycles. The van der Waals surface area contributed by atoms with Crippen LogP contribution >= 0.6 is 0 Å². The van der Waals surface area contributed by atoms with Gasteiger partial charge in [-0.3, -0.25) is 9.78 Å². The topological polar surface area (TPSA) is 60.9 Å². The molecule has 0 aliphatic heterocycles. The average molecular weight is 279 g/mol. The number of para-hydroxylation sites is 1. The molecule has 4 heteroatoms. The number of aromatic nitrogens is 2. The lowest BCUT2D eigenvalue weighted by Gasteiger charge is -2.12. The van der Waals surface area contributed by atoms with Crippen molar-refractivity contribution in [1.29, 1.82) is 0 Å². The van der Waals surface area contributed by atoms with Crippen LogP contribution in [0.15, 0.2) is 59.5 Å². The first-order valence-corrected chi connectivity index (χ1v) is 7.01. The molecule has 0 spiro atoms. The minimum atomic E-state index is -0.00729. The van der Waals surface area contributed by atoms with Crippen molar-refractivity contribution in [2.24, 2.45) is 5.73 Å². The molecule has 0 saturated carbocycles. The third-order valence-electron chi connectivity index (χ3n) is 3.61. The van der Waals surface area contributed by atoms with Gasteiger partial charge in [-0.1, -0.05) is 24.3 Å². The summed E-state index contributed by atoms with van der Waals surface area (Å²) in [7, 11) is 0. The first kappa shape index (κ1) is 13.5. The van der Waals surface area contributed by atoms with Crippen molar-refractivity contribution in [3.8, 4) is 0 Å². The molecule has 2 N–H and O–H groups in total. The fourth-order valence-electron chi connectivity index (χ4n) is 2.53. The highest BCUT2D eigenvalue weighted by Gasteiger charge is 2.08. The number of rotatable bonds is 4. The lowest BCUT2D eigenvalue weighted by Crippen LogP contribution is -2.26. The molecule has 3 rings (SSSR count). The predicted molar refractivity (Wildman–Crippen MR) is 84.0 cm³/mol. The Morgan fingerprint density at radius 2 is 1.90 bits per heavy atom. The summed E-state index contributed by atoms with van der Waals surface area (Å²) >= 11 is 0. The lowest BCUT2D eigenvalue weighted by atomic mass is 10.1. The van der Waals surface area contributed by atoms with Gasteiger partial charge in [0.25, 0.3) is 5.56 Å². The molecule has 106 valence electrons. The van der Waals surface area contributed by atoms with Gasteiger partial charge in [0.1, 0.15) is 0 Å². The Morgan fingerprint density at radius 3 is 2.67 bits per heavy atom. The molecule has 1 aromatic carbocycles. The molecule has 0 unspecified atom stereocenters. The van der Waals surface area contributed by atoms with Gasteiger partial charge in [-0.2, -0.15) is 0 Å². The third kappa shape index (κ3) is 2.71. The smallest absolute Gasteiger partial charge is 0.255 e. The van der Waals surface area contributed by atoms with Gasteiger partial charge in [-0.15, -0.1) is 0 Å². The zero-order chi connectivity index (χ0) is 14.7. The third-order valence-corrected chi connectivity index (χ3v) is 3.61. The molecular formula is C17H17N3O. The fourth-order valence-corrected chi connectivity index (χ4v) is 2.53. The maximum Gasteiger partial charge on any atom is 0.255 e. The van der Waals surface area contributed by atoms with Gasteiger partial charge in [0, 0.05) is 37.0 Å². The van der Waals surface area contributed by atoms with Crippen LogP contribution < -0.4 is 11.3 Å². The standard InChI is InChI=1S/C17H17N3O/c18-12-14-11-13-5-1-2-7-16(13)20(17(14)21)10-8-15-6-3-4-9-19-15/h1-7,9,11H,8,10,12,18H2. The number of pyridine rings is 2. The molecule has 0 bridgehead atoms. The van der Waals surface area contributed by atoms with E-state index in [0.717, 1.165) is 23.0 Å². The zero-order valence-corrected chi connectivity index (χ0v) is 11.7. The number of nitrogens with zero attached hydrogens (tertiary/aromatic N) is 2. The molecule has 0 amide bonds. The van der Waals surface area contributed by atoms with E-state index in [4.69, 9.17) is 5.73 Å². The number of benzene rings is 1. The Labute approximate surface area is 122 Å². The van der Waals surface area contributed by atoms with E-state index < -0.39 is 0 Å². The first-order chi connectivity index (χ1) is 10.3. The van der Waals surface area contributed by atoms with Crippen LogP contribution in [0.3, 0.4) is 0 Å². The van der Waals surface area contributed by atoms with E-state index in [1.807, 2.05) is 48.5 Å². The molecule has 0 aliphatic carbocycles. The van der Waals surface area contributed by atoms with E-state index in [1.165, 1.54) is 0 Å². The summed E-state index contributed by atoms with van der Waals surface area (Å²) < 4.78 is 1.80. The highest BCUT2D eigenvalue weighted by molar-refractivity contribution is 5.79. The molecule has 21 heavy (non-hydrogen) atoms. The second-order valence-corrected chi connectivity index (χ2v) is 4.96. The van der Waals surface area contributed by atoms with Crippen molar-refractivity contribution in [1.82, 2.24) is 9.55 Å². The number of fused-ring (bicyclic) bond motifs is 1. The normalized spacial score (nSPS) is 10.9. The van der Waals surface area contributed by atoms with Crippen molar-refractivity contribution in [3.05, 3.63) is 76.3 Å². The summed E-state index contributed by atoms with van der Waals surface area (Å²) in [6.45, 7) is 0.859. The monoisotopic (exact) mass is 279 g/mol. The van der Waals surface area contributed by atoms with Gasteiger partial charge < -0.3 is 10.3 Å². The molecule has 2 aromatic heterocycles. The largest absolute Gasteiger partial charge is 0.326 e. The predicted octanol–water partition coefficient (Wildman–Crippen LogP) is 2.10. The van der Waals surface area contributed by atoms with Crippen LogP contribution in [0.1, 0.15) is 11.3 Å². The van der Waals surface area contributed by atoms with Crippen LogP contribution in [0.25, 0.3) is 10.9 Å². The van der Waals surface area contributed by atoms with Crippen LogP contribution in [-0.2, 0) is 19.5 Å². The van der Waals surface area contributed by atoms with Crippen molar-refractivity contribution >= 4 is 10.9 Å². The van der Waals surface area contributed by atoms with Crippen molar-refractivity contribution in [2.75, 3.05) is 0 Å². The van der Waals surface area contributed by atoms with Crippen LogP contribution in [0.5, 0.6) is 0 Å². The molecule has 0 aliphatic rings. The number of hydrogen-bond donors (Lipinski definition) is 1. The molecule has 4 nitrogen and oxygen atoms in total. The Hall–Kier alpha value is -2.46. The first-order valence-electron chi connectivity index (χ1n) is 7.01. The SMILES string of the molecule is NCc1cc2ccccc2n(CCc2ccccn2)c1=O. The molecular weight excluding hydrogens is 262 g/mol. The second kappa shape index (κ2) is 5.89. The maximum absolute atomic E-state index is 12.5. The van der Waals surface area contributed by atoms with Crippen LogP contribution in [0.4, 0.5) is 0 Å². The van der Waals surface area contributed by atoms with E-state index in [1.54, 1.807) is 10.8 Å². The summed E-state index contributed by atoms with van der Waals surface area (Å²) in [5.74, 6) is 0. The summed E-state index contributed by atoms with van der Waals surface area (Å²) in [5.41, 5.74) is 8.25. The Morgan fingerprint density at radius 1 is 1.10 bits per heavy atom. The van der Waals surface area contributed by atoms with Crippen molar-refractivity contribution < 1.29 is 0 Å². The van der Waals surface area contributed by atoms with Gasteiger partial charge in [0.05, 0.1) is 5.52 Å². The van der Waals surface area contributed by atoms with E-state index >= 15 is 0 Å². The molecule has 0 radical (unpaired) electrons. The van der Waals surface area contributed by atoms with Crippen LogP contribution in [0, 0.1) is 0 Å². The van der Waals surface area contributed by atoms with Crippen LogP contribution in [-0.4, -0.2) is 9.55 Å². The van der Waals surface area contributed by atoms with E-state index in [0.29, 0.717) is 12.1 Å². The molecule has 0 saturated heterocycles. The van der Waals surface area contributed by atoms with Crippen LogP contribution in [0.2, 0.25) is 0 Å². The van der Waals surface area contributed by atoms with Gasteiger partial charge in [-0.25, -0.2) is 0 Å². The average Bonchev–Trinajstić information content (AvgIpc) is 2.54. The maximum atomic E-state index is 12.5. The van der Waals surface area contributed by atoms with Gasteiger partial charge in [0.2, 0.25) is 0 Å². The second-order valence-electron chi connectivity index (χ2n) is 4.96.